The number of hydrogen-bond acceptors (Lipinski definition) is 18. The first-order valence-corrected chi connectivity index (χ1v) is 3.29. The summed E-state index contributed by atoms with van der Waals surface area (Å²) in [6.45, 7) is 0. The van der Waals surface area contributed by atoms with Gasteiger partial charge in [0.15, 0.2) is 0 Å². The molecule has 0 amide bonds. The van der Waals surface area contributed by atoms with Gasteiger partial charge in [-0.25, -0.2) is 0 Å². The van der Waals surface area contributed by atoms with E-state index in [-0.39, 0.29) is 47.9 Å². The molecular weight excluding hydrogens is 526 g/mol. The third-order valence-electron chi connectivity index (χ3n) is 0. The third-order valence-corrected chi connectivity index (χ3v) is 0. The molecular formula is H4CeN7O18. The molecule has 26 heavy (non-hydrogen) atoms. The van der Waals surface area contributed by atoms with Crippen molar-refractivity contribution >= 4 is 0 Å². The van der Waals surface area contributed by atoms with Gasteiger partial charge in [0.1, 0.15) is 0 Å². The molecule has 0 saturated heterocycles. The Kier molecular flexibility index (Phi) is 81.8. The van der Waals surface area contributed by atoms with Crippen LogP contribution in [0.5, 0.6) is 0 Å². The summed E-state index contributed by atoms with van der Waals surface area (Å²) in [5, 5.41) is 88.5. The quantitative estimate of drug-likeness (QED) is 0.288. The van der Waals surface area contributed by atoms with E-state index >= 15 is 0 Å². The van der Waals surface area contributed by atoms with Crippen LogP contribution in [0.15, 0.2) is 0 Å². The van der Waals surface area contributed by atoms with Crippen LogP contribution in [0, 0.1) is 134 Å². The molecule has 151 valence electrons. The Morgan fingerprint density at radius 2 is 0.308 bits per heavy atom. The van der Waals surface area contributed by atoms with E-state index in [9.17, 15) is 0 Å². The molecule has 0 aliphatic heterocycles. The summed E-state index contributed by atoms with van der Waals surface area (Å²) in [6, 6.07) is 0. The second kappa shape index (κ2) is 43.0. The first-order chi connectivity index (χ1) is 10.4. The van der Waals surface area contributed by atoms with Crippen molar-refractivity contribution in [3.63, 3.8) is 0 Å². The normalized spacial score (nSPS) is 5.54. The van der Waals surface area contributed by atoms with Gasteiger partial charge in [-0.1, -0.05) is 0 Å². The van der Waals surface area contributed by atoms with Gasteiger partial charge in [-0.3, -0.25) is 0 Å². The maximum absolute atomic E-state index is 8.25. The molecule has 0 fully saturated rings. The van der Waals surface area contributed by atoms with Crippen LogP contribution >= 0.6 is 0 Å². The van der Waals surface area contributed by atoms with Crippen molar-refractivity contribution < 1.29 is 72.3 Å². The van der Waals surface area contributed by atoms with Gasteiger partial charge in [0.05, 0.1) is 30.5 Å². The Morgan fingerprint density at radius 3 is 0.308 bits per heavy atom. The third kappa shape index (κ3) is 653. The predicted molar refractivity (Wildman–Crippen MR) is 68.2 cm³/mol. The van der Waals surface area contributed by atoms with Crippen molar-refractivity contribution in [1.82, 2.24) is 6.15 Å². The molecule has 0 spiro atoms. The maximum Gasteiger partial charge on any atom is 5.00 e. The van der Waals surface area contributed by atoms with E-state index in [1.54, 1.807) is 0 Å². The molecule has 4 N–H and O–H groups in total. The van der Waals surface area contributed by atoms with Gasteiger partial charge in [0.25, 0.3) is 0 Å². The molecule has 0 atom stereocenters. The van der Waals surface area contributed by atoms with Crippen LogP contribution in [0.1, 0.15) is 0 Å². The van der Waals surface area contributed by atoms with Crippen LogP contribution in [0.3, 0.4) is 0 Å². The van der Waals surface area contributed by atoms with Crippen molar-refractivity contribution in [1.29, 1.82) is 0 Å². The van der Waals surface area contributed by atoms with E-state index in [0.29, 0.717) is 0 Å². The van der Waals surface area contributed by atoms with Gasteiger partial charge < -0.3 is 98.1 Å². The molecule has 0 radical (unpaired) electrons. The molecule has 0 aromatic carbocycles. The van der Waals surface area contributed by atoms with Crippen LogP contribution in [-0.4, -0.2) is 30.5 Å². The monoisotopic (exact) mass is 530 g/mol. The Hall–Kier alpha value is -3.46. The average Bonchev–Trinajstić information content (AvgIpc) is 2.08. The minimum atomic E-state index is -1.75. The van der Waals surface area contributed by atoms with Gasteiger partial charge >= 0.3 is 41.7 Å². The first-order valence-electron chi connectivity index (χ1n) is 3.29. The molecule has 0 aliphatic rings. The van der Waals surface area contributed by atoms with Crippen LogP contribution in [-0.2, 0) is 0 Å². The zero-order valence-corrected chi connectivity index (χ0v) is 14.7. The number of quaternary nitrogens is 1. The summed E-state index contributed by atoms with van der Waals surface area (Å²) >= 11 is 0. The van der Waals surface area contributed by atoms with Gasteiger partial charge in [-0.15, -0.1) is 0 Å². The van der Waals surface area contributed by atoms with Crippen molar-refractivity contribution in [2.24, 2.45) is 0 Å². The summed E-state index contributed by atoms with van der Waals surface area (Å²) in [5.41, 5.74) is 0. The summed E-state index contributed by atoms with van der Waals surface area (Å²) < 4.78 is 0. The van der Waals surface area contributed by atoms with Crippen LogP contribution in [0.2, 0.25) is 0 Å². The van der Waals surface area contributed by atoms with Crippen molar-refractivity contribution in [3.05, 3.63) is 91.9 Å². The summed E-state index contributed by atoms with van der Waals surface area (Å²) in [5.74, 6) is 0. The molecule has 0 saturated carbocycles. The Bertz CT molecular complexity index is 259. The predicted octanol–water partition coefficient (Wildman–Crippen LogP) is -1.06. The van der Waals surface area contributed by atoms with E-state index in [0.717, 1.165) is 0 Å². The molecule has 0 aromatic rings. The zero-order chi connectivity index (χ0) is 21.5. The summed E-state index contributed by atoms with van der Waals surface area (Å²) in [4.78, 5) is 49.5. The van der Waals surface area contributed by atoms with Gasteiger partial charge in [0.2, 0.25) is 0 Å². The Balaban J connectivity index is -0.0000000245. The van der Waals surface area contributed by atoms with Gasteiger partial charge in [-0.05, 0) is 0 Å². The Labute approximate surface area is 170 Å². The van der Waals surface area contributed by atoms with Crippen molar-refractivity contribution in [2.75, 3.05) is 0 Å². The van der Waals surface area contributed by atoms with Crippen molar-refractivity contribution in [2.45, 2.75) is 0 Å². The SMILES string of the molecule is O=[N+]([O-])[O-].O=[N+]([O-])[O-].O=[N+]([O-])[O-].O=[N+]([O-])[O-].O=[N+]([O-])[O-].O=[N+]([O-])[O-].[Ce+5].[NH4+]. The van der Waals surface area contributed by atoms with E-state index in [1.165, 1.54) is 0 Å². The molecule has 0 aromatic heterocycles. The minimum Gasteiger partial charge on any atom is -0.369 e. The smallest absolute Gasteiger partial charge is 0.369 e. The number of nitrogens with zero attached hydrogens (tertiary/aromatic N) is 6. The van der Waals surface area contributed by atoms with E-state index in [2.05, 4.69) is 0 Å². The largest absolute Gasteiger partial charge is 5.00 e. The molecule has 25 nitrogen and oxygen atoms in total. The van der Waals surface area contributed by atoms with Crippen LogP contribution < -0.4 is 6.15 Å². The molecule has 0 bridgehead atoms. The van der Waals surface area contributed by atoms with Crippen LogP contribution in [0.4, 0.5) is 0 Å². The zero-order valence-electron chi connectivity index (χ0n) is 11.5. The average molecular weight is 530 g/mol. The first kappa shape index (κ1) is 49.5. The van der Waals surface area contributed by atoms with Gasteiger partial charge in [0, 0.05) is 0 Å². The standard InChI is InChI=1S/Ce.6NO3.H3N/c;6*2-1(3)4;/h;;;;;;;1H3/q+5;6*-1;/p+1. The van der Waals surface area contributed by atoms with Crippen molar-refractivity contribution in [3.8, 4) is 0 Å². The fourth-order valence-corrected chi connectivity index (χ4v) is 0. The Morgan fingerprint density at radius 1 is 0.308 bits per heavy atom. The van der Waals surface area contributed by atoms with Gasteiger partial charge in [-0.2, -0.15) is 0 Å². The summed E-state index contributed by atoms with van der Waals surface area (Å²) in [6.07, 6.45) is 0. The molecule has 0 unspecified atom stereocenters. The van der Waals surface area contributed by atoms with E-state index in [4.69, 9.17) is 91.9 Å². The maximum atomic E-state index is 8.25. The number of rotatable bonds is 0. The molecule has 0 aliphatic carbocycles. The topological polar surface area (TPSA) is 434 Å². The molecule has 26 heteroatoms. The minimum absolute atomic E-state index is 0. The summed E-state index contributed by atoms with van der Waals surface area (Å²) in [7, 11) is 0. The number of hydrogen-bond donors (Lipinski definition) is 1. The van der Waals surface area contributed by atoms with Crippen LogP contribution in [0.25, 0.3) is 0 Å². The molecule has 0 rings (SSSR count). The second-order valence-electron chi connectivity index (χ2n) is 1.34. The second-order valence-corrected chi connectivity index (χ2v) is 1.34. The fraction of sp³-hybridized carbons (Fsp3) is 0. The van der Waals surface area contributed by atoms with E-state index < -0.39 is 30.5 Å². The fourth-order valence-electron chi connectivity index (χ4n) is 0. The molecule has 0 heterocycles. The van der Waals surface area contributed by atoms with E-state index in [1.807, 2.05) is 0 Å².